The van der Waals surface area contributed by atoms with Crippen LogP contribution in [0.2, 0.25) is 0 Å². The van der Waals surface area contributed by atoms with E-state index >= 15 is 0 Å². The zero-order chi connectivity index (χ0) is 16.7. The molecule has 1 aliphatic rings. The molecule has 2 N–H and O–H groups in total. The van der Waals surface area contributed by atoms with E-state index in [2.05, 4.69) is 30.1 Å². The third-order valence-electron chi connectivity index (χ3n) is 4.93. The van der Waals surface area contributed by atoms with Crippen molar-refractivity contribution >= 4 is 10.9 Å². The Morgan fingerprint density at radius 3 is 2.62 bits per heavy atom. The van der Waals surface area contributed by atoms with Gasteiger partial charge in [-0.25, -0.2) is 0 Å². The second-order valence-electron chi connectivity index (χ2n) is 7.05. The highest BCUT2D eigenvalue weighted by atomic mass is 16.5. The minimum Gasteiger partial charge on any atom is -0.334 e. The van der Waals surface area contributed by atoms with Gasteiger partial charge >= 0.3 is 0 Å². The highest BCUT2D eigenvalue weighted by Crippen LogP contribution is 2.36. The number of aromatic nitrogens is 3. The third kappa shape index (κ3) is 2.49. The first-order valence-corrected chi connectivity index (χ1v) is 8.60. The Morgan fingerprint density at radius 2 is 1.88 bits per heavy atom. The molecule has 0 spiro atoms. The van der Waals surface area contributed by atoms with Gasteiger partial charge in [0.2, 0.25) is 0 Å². The van der Waals surface area contributed by atoms with Gasteiger partial charge in [-0.15, -0.1) is 0 Å². The van der Waals surface area contributed by atoms with Crippen LogP contribution in [0, 0.1) is 0 Å². The summed E-state index contributed by atoms with van der Waals surface area (Å²) in [4.78, 5) is 9.40. The summed E-state index contributed by atoms with van der Waals surface area (Å²) in [7, 11) is 0. The number of para-hydroxylation sites is 1. The SMILES string of the molecule is CC(C)c1cc(-c2nc(C3(N)CCCC3)no2)c2ccccc2n1. The van der Waals surface area contributed by atoms with Crippen molar-refractivity contribution in [1.82, 2.24) is 15.1 Å². The standard InChI is InChI=1S/C19H22N4O/c1-12(2)16-11-14(13-7-3-4-8-15(13)21-16)17-22-18(23-24-17)19(20)9-5-6-10-19/h3-4,7-8,11-12H,5-6,9-10,20H2,1-2H3. The van der Waals surface area contributed by atoms with Gasteiger partial charge < -0.3 is 10.3 Å². The fourth-order valence-corrected chi connectivity index (χ4v) is 3.43. The summed E-state index contributed by atoms with van der Waals surface area (Å²) in [6.45, 7) is 4.26. The number of pyridine rings is 1. The number of hydrogen-bond acceptors (Lipinski definition) is 5. The van der Waals surface area contributed by atoms with E-state index in [1.54, 1.807) is 0 Å². The summed E-state index contributed by atoms with van der Waals surface area (Å²) in [6.07, 6.45) is 4.08. The summed E-state index contributed by atoms with van der Waals surface area (Å²) in [6, 6.07) is 10.1. The molecule has 4 rings (SSSR count). The highest BCUT2D eigenvalue weighted by Gasteiger charge is 2.36. The van der Waals surface area contributed by atoms with E-state index in [0.29, 0.717) is 17.6 Å². The molecular weight excluding hydrogens is 300 g/mol. The first kappa shape index (κ1) is 15.3. The van der Waals surface area contributed by atoms with Gasteiger partial charge in [-0.1, -0.05) is 50.0 Å². The monoisotopic (exact) mass is 322 g/mol. The number of nitrogens with zero attached hydrogens (tertiary/aromatic N) is 3. The normalized spacial score (nSPS) is 17.0. The van der Waals surface area contributed by atoms with Gasteiger partial charge in [-0.2, -0.15) is 4.98 Å². The van der Waals surface area contributed by atoms with Crippen LogP contribution in [0.3, 0.4) is 0 Å². The number of rotatable bonds is 3. The Balaban J connectivity index is 1.85. The van der Waals surface area contributed by atoms with E-state index in [4.69, 9.17) is 15.2 Å². The second kappa shape index (κ2) is 5.67. The summed E-state index contributed by atoms with van der Waals surface area (Å²) >= 11 is 0. The smallest absolute Gasteiger partial charge is 0.258 e. The molecule has 2 heterocycles. The molecule has 5 heteroatoms. The molecule has 1 fully saturated rings. The Labute approximate surface area is 141 Å². The van der Waals surface area contributed by atoms with Crippen molar-refractivity contribution < 1.29 is 4.52 Å². The molecule has 0 saturated heterocycles. The molecule has 124 valence electrons. The third-order valence-corrected chi connectivity index (χ3v) is 4.93. The van der Waals surface area contributed by atoms with Crippen LogP contribution in [0.25, 0.3) is 22.4 Å². The van der Waals surface area contributed by atoms with Gasteiger partial charge in [0.05, 0.1) is 16.6 Å². The minimum absolute atomic E-state index is 0.325. The minimum atomic E-state index is -0.439. The van der Waals surface area contributed by atoms with Gasteiger partial charge in [0.15, 0.2) is 5.82 Å². The highest BCUT2D eigenvalue weighted by molar-refractivity contribution is 5.92. The van der Waals surface area contributed by atoms with E-state index in [1.165, 1.54) is 0 Å². The summed E-state index contributed by atoms with van der Waals surface area (Å²) in [5.41, 5.74) is 8.93. The van der Waals surface area contributed by atoms with Crippen molar-refractivity contribution in [3.63, 3.8) is 0 Å². The molecule has 0 amide bonds. The van der Waals surface area contributed by atoms with Crippen molar-refractivity contribution in [3.8, 4) is 11.5 Å². The molecule has 5 nitrogen and oxygen atoms in total. The molecule has 0 aliphatic heterocycles. The fraction of sp³-hybridized carbons (Fsp3) is 0.421. The lowest BCUT2D eigenvalue weighted by atomic mass is 9.98. The van der Waals surface area contributed by atoms with Crippen molar-refractivity contribution in [2.24, 2.45) is 5.73 Å². The summed E-state index contributed by atoms with van der Waals surface area (Å²) in [5, 5.41) is 5.22. The zero-order valence-electron chi connectivity index (χ0n) is 14.1. The maximum absolute atomic E-state index is 6.47. The Hall–Kier alpha value is -2.27. The largest absolute Gasteiger partial charge is 0.334 e. The Kier molecular flexibility index (Phi) is 3.61. The molecule has 24 heavy (non-hydrogen) atoms. The van der Waals surface area contributed by atoms with E-state index in [-0.39, 0.29) is 0 Å². The van der Waals surface area contributed by atoms with E-state index in [9.17, 15) is 0 Å². The van der Waals surface area contributed by atoms with Gasteiger partial charge in [0, 0.05) is 11.1 Å². The second-order valence-corrected chi connectivity index (χ2v) is 7.05. The number of fused-ring (bicyclic) bond motifs is 1. The lowest BCUT2D eigenvalue weighted by Gasteiger charge is -2.17. The quantitative estimate of drug-likeness (QED) is 0.784. The van der Waals surface area contributed by atoms with Gasteiger partial charge in [-0.3, -0.25) is 4.98 Å². The van der Waals surface area contributed by atoms with Crippen LogP contribution in [0.1, 0.15) is 57.0 Å². The van der Waals surface area contributed by atoms with Gasteiger partial charge in [-0.05, 0) is 30.9 Å². The molecule has 0 unspecified atom stereocenters. The van der Waals surface area contributed by atoms with E-state index in [0.717, 1.165) is 47.8 Å². The maximum atomic E-state index is 6.47. The number of benzene rings is 1. The summed E-state index contributed by atoms with van der Waals surface area (Å²) in [5.74, 6) is 1.48. The average Bonchev–Trinajstić information content (AvgIpc) is 3.24. The topological polar surface area (TPSA) is 77.8 Å². The summed E-state index contributed by atoms with van der Waals surface area (Å²) < 4.78 is 5.60. The predicted octanol–water partition coefficient (Wildman–Crippen LogP) is 4.14. The van der Waals surface area contributed by atoms with Crippen LogP contribution in [-0.4, -0.2) is 15.1 Å². The fourth-order valence-electron chi connectivity index (χ4n) is 3.43. The van der Waals surface area contributed by atoms with Crippen LogP contribution in [0.15, 0.2) is 34.9 Å². The molecule has 0 radical (unpaired) electrons. The lowest BCUT2D eigenvalue weighted by Crippen LogP contribution is -2.34. The molecular formula is C19H22N4O. The van der Waals surface area contributed by atoms with Crippen molar-refractivity contribution in [2.45, 2.75) is 51.0 Å². The number of hydrogen-bond donors (Lipinski definition) is 1. The van der Waals surface area contributed by atoms with Crippen molar-refractivity contribution in [1.29, 1.82) is 0 Å². The predicted molar refractivity (Wildman–Crippen MR) is 93.5 cm³/mol. The lowest BCUT2D eigenvalue weighted by molar-refractivity contribution is 0.373. The zero-order valence-corrected chi connectivity index (χ0v) is 14.1. The van der Waals surface area contributed by atoms with Crippen LogP contribution >= 0.6 is 0 Å². The van der Waals surface area contributed by atoms with Crippen LogP contribution in [0.5, 0.6) is 0 Å². The molecule has 1 aromatic carbocycles. The molecule has 0 bridgehead atoms. The molecule has 0 atom stereocenters. The van der Waals surface area contributed by atoms with E-state index in [1.807, 2.05) is 24.3 Å². The first-order valence-electron chi connectivity index (χ1n) is 8.60. The van der Waals surface area contributed by atoms with Crippen LogP contribution in [-0.2, 0) is 5.54 Å². The number of nitrogens with two attached hydrogens (primary N) is 1. The maximum Gasteiger partial charge on any atom is 0.258 e. The van der Waals surface area contributed by atoms with Gasteiger partial charge in [0.1, 0.15) is 0 Å². The molecule has 1 aliphatic carbocycles. The Morgan fingerprint density at radius 1 is 1.12 bits per heavy atom. The van der Waals surface area contributed by atoms with Crippen molar-refractivity contribution in [2.75, 3.05) is 0 Å². The van der Waals surface area contributed by atoms with E-state index < -0.39 is 5.54 Å². The molecule has 1 saturated carbocycles. The Bertz CT molecular complexity index is 878. The van der Waals surface area contributed by atoms with Gasteiger partial charge in [0.25, 0.3) is 5.89 Å². The molecule has 2 aromatic heterocycles. The van der Waals surface area contributed by atoms with Crippen molar-refractivity contribution in [3.05, 3.63) is 41.9 Å². The first-order chi connectivity index (χ1) is 11.6. The molecule has 3 aromatic rings. The van der Waals surface area contributed by atoms with Crippen LogP contribution < -0.4 is 5.73 Å². The van der Waals surface area contributed by atoms with Crippen LogP contribution in [0.4, 0.5) is 0 Å². The average molecular weight is 322 g/mol.